The lowest BCUT2D eigenvalue weighted by molar-refractivity contribution is 0.0974. The summed E-state index contributed by atoms with van der Waals surface area (Å²) in [5.41, 5.74) is 3.16. The van der Waals surface area contributed by atoms with E-state index in [1.54, 1.807) is 0 Å². The third-order valence-corrected chi connectivity index (χ3v) is 4.71. The van der Waals surface area contributed by atoms with Crippen LogP contribution in [0.5, 0.6) is 0 Å². The van der Waals surface area contributed by atoms with Crippen molar-refractivity contribution in [1.82, 2.24) is 19.5 Å². The van der Waals surface area contributed by atoms with Gasteiger partial charge in [-0.1, -0.05) is 0 Å². The molecule has 0 radical (unpaired) electrons. The molecule has 1 saturated heterocycles. The van der Waals surface area contributed by atoms with E-state index in [-0.39, 0.29) is 17.7 Å². The topological polar surface area (TPSA) is 95.1 Å². The molecule has 0 aliphatic carbocycles. The number of fused-ring (bicyclic) bond motifs is 1. The number of rotatable bonds is 4. The average Bonchev–Trinajstić information content (AvgIpc) is 3.34. The van der Waals surface area contributed by atoms with Gasteiger partial charge in [0.15, 0.2) is 12.1 Å². The highest BCUT2D eigenvalue weighted by Crippen LogP contribution is 2.30. The minimum absolute atomic E-state index is 0.205. The summed E-state index contributed by atoms with van der Waals surface area (Å²) in [4.78, 5) is 24.8. The van der Waals surface area contributed by atoms with Crippen LogP contribution in [-0.4, -0.2) is 38.1 Å². The number of oxazole rings is 1. The second-order valence-corrected chi connectivity index (χ2v) is 6.20. The Labute approximate surface area is 144 Å². The average molecular weight is 341 g/mol. The van der Waals surface area contributed by atoms with E-state index in [2.05, 4.69) is 31.8 Å². The molecule has 4 rings (SSSR count). The first-order valence-electron chi connectivity index (χ1n) is 8.26. The van der Waals surface area contributed by atoms with Crippen molar-refractivity contribution in [1.29, 1.82) is 0 Å². The number of hydrogen-bond donors (Lipinski definition) is 1. The van der Waals surface area contributed by atoms with Gasteiger partial charge in [-0.3, -0.25) is 4.79 Å². The Hall–Kier alpha value is -2.74. The third-order valence-electron chi connectivity index (χ3n) is 4.71. The fraction of sp³-hybridized carbons (Fsp3) is 0.412. The first-order valence-corrected chi connectivity index (χ1v) is 8.26. The Morgan fingerprint density at radius 1 is 1.36 bits per heavy atom. The maximum atomic E-state index is 12.3. The van der Waals surface area contributed by atoms with Gasteiger partial charge >= 0.3 is 0 Å². The van der Waals surface area contributed by atoms with Crippen molar-refractivity contribution >= 4 is 22.8 Å². The summed E-state index contributed by atoms with van der Waals surface area (Å²) >= 11 is 0. The standard InChI is InChI=1S/C17H19N5O3/c1-10-11(2)22(6-12-4-3-5-25-12)16-14(10)15(18-8-19-16)21-17(23)13-7-24-9-20-13/h7-9,12H,3-6H2,1-2H3,(H,18,19,21,23)/t12-/m1/s1. The number of ether oxygens (including phenoxy) is 1. The lowest BCUT2D eigenvalue weighted by Gasteiger charge is -2.13. The number of carbonyl (C=O) groups excluding carboxylic acids is 1. The molecule has 8 nitrogen and oxygen atoms in total. The third kappa shape index (κ3) is 2.78. The fourth-order valence-corrected chi connectivity index (χ4v) is 3.27. The minimum atomic E-state index is -0.363. The highest BCUT2D eigenvalue weighted by atomic mass is 16.5. The van der Waals surface area contributed by atoms with E-state index in [0.717, 1.165) is 48.3 Å². The van der Waals surface area contributed by atoms with Crippen molar-refractivity contribution in [2.24, 2.45) is 0 Å². The predicted octanol–water partition coefficient (Wildman–Crippen LogP) is 2.47. The maximum Gasteiger partial charge on any atom is 0.278 e. The minimum Gasteiger partial charge on any atom is -0.451 e. The predicted molar refractivity (Wildman–Crippen MR) is 90.4 cm³/mol. The van der Waals surface area contributed by atoms with Gasteiger partial charge in [0.2, 0.25) is 0 Å². The molecule has 0 aromatic carbocycles. The second-order valence-electron chi connectivity index (χ2n) is 6.20. The molecule has 4 heterocycles. The summed E-state index contributed by atoms with van der Waals surface area (Å²) < 4.78 is 12.8. The van der Waals surface area contributed by atoms with Crippen molar-refractivity contribution < 1.29 is 13.9 Å². The zero-order valence-corrected chi connectivity index (χ0v) is 14.2. The molecule has 3 aromatic heterocycles. The maximum absolute atomic E-state index is 12.3. The van der Waals surface area contributed by atoms with Crippen molar-refractivity contribution in [3.8, 4) is 0 Å². The van der Waals surface area contributed by atoms with E-state index in [1.807, 2.05) is 6.92 Å². The molecule has 1 aliphatic heterocycles. The summed E-state index contributed by atoms with van der Waals surface area (Å²) in [5, 5.41) is 3.65. The molecule has 1 fully saturated rings. The van der Waals surface area contributed by atoms with E-state index in [9.17, 15) is 4.79 Å². The van der Waals surface area contributed by atoms with E-state index in [0.29, 0.717) is 5.82 Å². The zero-order chi connectivity index (χ0) is 17.4. The lowest BCUT2D eigenvalue weighted by Crippen LogP contribution is -2.16. The van der Waals surface area contributed by atoms with Crippen LogP contribution in [0.2, 0.25) is 0 Å². The van der Waals surface area contributed by atoms with Crippen molar-refractivity contribution in [2.75, 3.05) is 11.9 Å². The first kappa shape index (κ1) is 15.8. The van der Waals surface area contributed by atoms with Crippen molar-refractivity contribution in [3.05, 3.63) is 35.9 Å². The molecule has 0 saturated carbocycles. The monoisotopic (exact) mass is 341 g/mol. The van der Waals surface area contributed by atoms with Gasteiger partial charge in [-0.25, -0.2) is 15.0 Å². The van der Waals surface area contributed by atoms with Crippen LogP contribution >= 0.6 is 0 Å². The van der Waals surface area contributed by atoms with E-state index >= 15 is 0 Å². The molecule has 130 valence electrons. The number of aryl methyl sites for hydroxylation is 1. The molecule has 0 unspecified atom stereocenters. The molecule has 0 bridgehead atoms. The van der Waals surface area contributed by atoms with E-state index in [4.69, 9.17) is 9.15 Å². The first-order chi connectivity index (χ1) is 12.1. The van der Waals surface area contributed by atoms with Crippen LogP contribution in [0.4, 0.5) is 5.82 Å². The Kier molecular flexibility index (Phi) is 3.96. The highest BCUT2D eigenvalue weighted by Gasteiger charge is 2.22. The van der Waals surface area contributed by atoms with Crippen LogP contribution in [-0.2, 0) is 11.3 Å². The van der Waals surface area contributed by atoms with E-state index in [1.165, 1.54) is 19.0 Å². The molecule has 3 aromatic rings. The van der Waals surface area contributed by atoms with E-state index < -0.39 is 0 Å². The number of aromatic nitrogens is 4. The van der Waals surface area contributed by atoms with Crippen LogP contribution < -0.4 is 5.32 Å². The summed E-state index contributed by atoms with van der Waals surface area (Å²) in [6, 6.07) is 0. The normalized spacial score (nSPS) is 17.3. The quantitative estimate of drug-likeness (QED) is 0.783. The molecular weight excluding hydrogens is 322 g/mol. The van der Waals surface area contributed by atoms with Gasteiger partial charge in [0.25, 0.3) is 5.91 Å². The molecule has 1 atom stereocenters. The number of amides is 1. The summed E-state index contributed by atoms with van der Waals surface area (Å²) in [5.74, 6) is 0.113. The van der Waals surface area contributed by atoms with Crippen LogP contribution in [0.3, 0.4) is 0 Å². The van der Waals surface area contributed by atoms with Crippen LogP contribution in [0.25, 0.3) is 11.0 Å². The summed E-state index contributed by atoms with van der Waals surface area (Å²) in [7, 11) is 0. The largest absolute Gasteiger partial charge is 0.451 e. The summed E-state index contributed by atoms with van der Waals surface area (Å²) in [6.45, 7) is 5.63. The zero-order valence-electron chi connectivity index (χ0n) is 14.2. The molecule has 25 heavy (non-hydrogen) atoms. The SMILES string of the molecule is Cc1c(C)n(C[C@H]2CCCO2)c2ncnc(NC(=O)c3cocn3)c12. The molecule has 1 N–H and O–H groups in total. The molecule has 1 amide bonds. The molecule has 0 spiro atoms. The number of nitrogens with zero attached hydrogens (tertiary/aromatic N) is 4. The lowest BCUT2D eigenvalue weighted by atomic mass is 10.2. The van der Waals surface area contributed by atoms with Gasteiger partial charge in [0.05, 0.1) is 18.0 Å². The van der Waals surface area contributed by atoms with Crippen LogP contribution in [0.1, 0.15) is 34.6 Å². The van der Waals surface area contributed by atoms with Gasteiger partial charge in [-0.15, -0.1) is 0 Å². The number of anilines is 1. The van der Waals surface area contributed by atoms with Crippen LogP contribution in [0, 0.1) is 13.8 Å². The summed E-state index contributed by atoms with van der Waals surface area (Å²) in [6.07, 6.45) is 6.34. The number of carbonyl (C=O) groups is 1. The molecular formula is C17H19N5O3. The second kappa shape index (κ2) is 6.29. The van der Waals surface area contributed by atoms with Gasteiger partial charge in [-0.2, -0.15) is 0 Å². The Morgan fingerprint density at radius 3 is 2.96 bits per heavy atom. The Morgan fingerprint density at radius 2 is 2.24 bits per heavy atom. The van der Waals surface area contributed by atoms with Gasteiger partial charge in [-0.05, 0) is 32.3 Å². The van der Waals surface area contributed by atoms with Gasteiger partial charge < -0.3 is 19.0 Å². The number of nitrogens with one attached hydrogen (secondary N) is 1. The van der Waals surface area contributed by atoms with Crippen LogP contribution in [0.15, 0.2) is 23.4 Å². The Bertz CT molecular complexity index is 910. The van der Waals surface area contributed by atoms with Gasteiger partial charge in [0.1, 0.15) is 24.1 Å². The smallest absolute Gasteiger partial charge is 0.278 e. The highest BCUT2D eigenvalue weighted by molar-refractivity contribution is 6.07. The van der Waals surface area contributed by atoms with Gasteiger partial charge in [0, 0.05) is 12.3 Å². The van der Waals surface area contributed by atoms with Crippen molar-refractivity contribution in [2.45, 2.75) is 39.3 Å². The molecule has 8 heteroatoms. The number of hydrogen-bond acceptors (Lipinski definition) is 6. The van der Waals surface area contributed by atoms with Crippen molar-refractivity contribution in [3.63, 3.8) is 0 Å². The Balaban J connectivity index is 1.72. The fourth-order valence-electron chi connectivity index (χ4n) is 3.27. The molecule has 1 aliphatic rings.